The lowest BCUT2D eigenvalue weighted by molar-refractivity contribution is 0.654. The molecule has 58 valence electrons. The molecule has 2 aromatic rings. The van der Waals surface area contributed by atoms with Gasteiger partial charge in [0.2, 0.25) is 9.47 Å². The second kappa shape index (κ2) is 3.12. The van der Waals surface area contributed by atoms with Crippen molar-refractivity contribution in [2.75, 3.05) is 0 Å². The summed E-state index contributed by atoms with van der Waals surface area (Å²) in [6.07, 6.45) is 0. The van der Waals surface area contributed by atoms with Crippen LogP contribution in [-0.4, -0.2) is 0 Å². The molecule has 0 aliphatic heterocycles. The fraction of sp³-hybridized carbons (Fsp3) is 0. The van der Waals surface area contributed by atoms with E-state index in [1.807, 2.05) is 42.5 Å². The molecule has 2 heteroatoms. The van der Waals surface area contributed by atoms with Crippen molar-refractivity contribution in [2.45, 2.75) is 0 Å². The zero-order chi connectivity index (χ0) is 8.39. The molecule has 0 atom stereocenters. The molecule has 1 nitrogen and oxygen atoms in total. The number of benzene rings is 2. The van der Waals surface area contributed by atoms with Gasteiger partial charge in [-0.2, -0.15) is 0 Å². The van der Waals surface area contributed by atoms with Crippen molar-refractivity contribution in [1.29, 1.82) is 0 Å². The third kappa shape index (κ3) is 1.17. The van der Waals surface area contributed by atoms with E-state index in [2.05, 4.69) is 9.47 Å². The van der Waals surface area contributed by atoms with Crippen LogP contribution in [-0.2, 0) is 0 Å². The minimum Gasteiger partial charge on any atom is -0.457 e. The van der Waals surface area contributed by atoms with Gasteiger partial charge in [-0.15, -0.1) is 0 Å². The monoisotopic (exact) mass is 174 g/mol. The highest BCUT2D eigenvalue weighted by molar-refractivity contribution is 7.10. The quantitative estimate of drug-likeness (QED) is 0.601. The van der Waals surface area contributed by atoms with E-state index < -0.39 is 0 Å². The van der Waals surface area contributed by atoms with Gasteiger partial charge in [0.1, 0.15) is 5.75 Å². The molecule has 0 aliphatic carbocycles. The summed E-state index contributed by atoms with van der Waals surface area (Å²) in [7, 11) is 3.79. The molecule has 2 rings (SSSR count). The molecule has 0 bridgehead atoms. The lowest BCUT2D eigenvalue weighted by atomic mass is 10.1. The summed E-state index contributed by atoms with van der Waals surface area (Å²) in [5, 5.41) is 2.26. The van der Waals surface area contributed by atoms with Crippen molar-refractivity contribution in [3.63, 3.8) is 0 Å². The predicted octanol–water partition coefficient (Wildman–Crippen LogP) is 3.54. The second-order valence-corrected chi connectivity index (χ2v) is 2.75. The summed E-state index contributed by atoms with van der Waals surface area (Å²) < 4.78 is 4.92. The summed E-state index contributed by atoms with van der Waals surface area (Å²) in [4.78, 5) is 0. The van der Waals surface area contributed by atoms with Gasteiger partial charge in [-0.3, -0.25) is 0 Å². The third-order valence-electron chi connectivity index (χ3n) is 1.85. The van der Waals surface area contributed by atoms with E-state index in [4.69, 9.17) is 4.52 Å². The molecule has 0 saturated heterocycles. The Balaban J connectivity index is 2.79. The Morgan fingerprint density at radius 3 is 2.50 bits per heavy atom. The highest BCUT2D eigenvalue weighted by Crippen LogP contribution is 2.25. The summed E-state index contributed by atoms with van der Waals surface area (Å²) >= 11 is 0. The lowest BCUT2D eigenvalue weighted by Crippen LogP contribution is -1.76. The first-order valence-corrected chi connectivity index (χ1v) is 4.07. The molecule has 0 heterocycles. The first-order chi connectivity index (χ1) is 5.92. The third-order valence-corrected chi connectivity index (χ3v) is 2.04. The standard InChI is InChI=1S/C10H7OP/c12-11-10-7-3-5-8-4-1-2-6-9(8)10/h1-7H. The summed E-state index contributed by atoms with van der Waals surface area (Å²) in [6, 6.07) is 13.9. The van der Waals surface area contributed by atoms with Crippen LogP contribution in [0, 0.1) is 0 Å². The van der Waals surface area contributed by atoms with Crippen molar-refractivity contribution in [3.8, 4) is 5.75 Å². The molecule has 2 radical (unpaired) electrons. The Morgan fingerprint density at radius 2 is 1.67 bits per heavy atom. The van der Waals surface area contributed by atoms with Gasteiger partial charge in [-0.1, -0.05) is 36.4 Å². The van der Waals surface area contributed by atoms with Crippen LogP contribution in [0.15, 0.2) is 42.5 Å². The van der Waals surface area contributed by atoms with Crippen molar-refractivity contribution in [3.05, 3.63) is 42.5 Å². The van der Waals surface area contributed by atoms with E-state index in [1.54, 1.807) is 0 Å². The van der Waals surface area contributed by atoms with Crippen LogP contribution >= 0.6 is 9.47 Å². The fourth-order valence-electron chi connectivity index (χ4n) is 1.28. The average molecular weight is 174 g/mol. The molecule has 0 unspecified atom stereocenters. The van der Waals surface area contributed by atoms with E-state index in [0.29, 0.717) is 0 Å². The maximum atomic E-state index is 4.92. The average Bonchev–Trinajstić information content (AvgIpc) is 2.17. The zero-order valence-electron chi connectivity index (χ0n) is 6.40. The van der Waals surface area contributed by atoms with Gasteiger partial charge in [-0.25, -0.2) is 0 Å². The molecular weight excluding hydrogens is 167 g/mol. The fourth-order valence-corrected chi connectivity index (χ4v) is 1.43. The Hall–Kier alpha value is -1.07. The first kappa shape index (κ1) is 7.57. The molecule has 0 fully saturated rings. The van der Waals surface area contributed by atoms with Gasteiger partial charge in [0.25, 0.3) is 0 Å². The molecule has 0 saturated carbocycles. The van der Waals surface area contributed by atoms with Crippen LogP contribution in [0.25, 0.3) is 10.8 Å². The number of hydrogen-bond donors (Lipinski definition) is 0. The van der Waals surface area contributed by atoms with Crippen LogP contribution in [0.2, 0.25) is 0 Å². The Labute approximate surface area is 73.6 Å². The molecule has 0 aromatic heterocycles. The smallest absolute Gasteiger partial charge is 0.232 e. The molecule has 0 aliphatic rings. The Morgan fingerprint density at radius 1 is 0.917 bits per heavy atom. The molecular formula is C10H7OP. The van der Waals surface area contributed by atoms with Crippen molar-refractivity contribution in [1.82, 2.24) is 0 Å². The van der Waals surface area contributed by atoms with Gasteiger partial charge in [0.15, 0.2) is 0 Å². The van der Waals surface area contributed by atoms with E-state index in [0.717, 1.165) is 11.1 Å². The van der Waals surface area contributed by atoms with Crippen LogP contribution in [0.1, 0.15) is 0 Å². The number of rotatable bonds is 1. The van der Waals surface area contributed by atoms with Crippen molar-refractivity contribution >= 4 is 20.2 Å². The molecule has 0 spiro atoms. The molecule has 12 heavy (non-hydrogen) atoms. The van der Waals surface area contributed by atoms with E-state index in [9.17, 15) is 0 Å². The SMILES string of the molecule is [P]Oc1cccc2ccccc12. The van der Waals surface area contributed by atoms with Gasteiger partial charge in [0, 0.05) is 5.39 Å². The molecule has 0 N–H and O–H groups in total. The van der Waals surface area contributed by atoms with Crippen LogP contribution in [0.3, 0.4) is 0 Å². The summed E-state index contributed by atoms with van der Waals surface area (Å²) in [6.45, 7) is 0. The number of hydrogen-bond acceptors (Lipinski definition) is 1. The Bertz CT molecular complexity index is 392. The zero-order valence-corrected chi connectivity index (χ0v) is 7.29. The van der Waals surface area contributed by atoms with E-state index in [1.165, 1.54) is 5.39 Å². The van der Waals surface area contributed by atoms with Crippen molar-refractivity contribution < 1.29 is 4.52 Å². The lowest BCUT2D eigenvalue weighted by Gasteiger charge is -2.02. The summed E-state index contributed by atoms with van der Waals surface area (Å²) in [5.74, 6) is 0.802. The maximum absolute atomic E-state index is 4.92. The van der Waals surface area contributed by atoms with Gasteiger partial charge >= 0.3 is 0 Å². The van der Waals surface area contributed by atoms with Crippen LogP contribution in [0.4, 0.5) is 0 Å². The first-order valence-electron chi connectivity index (χ1n) is 3.71. The minimum absolute atomic E-state index is 0.802. The molecule has 0 amide bonds. The van der Waals surface area contributed by atoms with Gasteiger partial charge in [-0.05, 0) is 11.5 Å². The minimum atomic E-state index is 0.802. The summed E-state index contributed by atoms with van der Waals surface area (Å²) in [5.41, 5.74) is 0. The molecule has 2 aromatic carbocycles. The predicted molar refractivity (Wildman–Crippen MR) is 51.5 cm³/mol. The number of fused-ring (bicyclic) bond motifs is 1. The van der Waals surface area contributed by atoms with Crippen LogP contribution in [0.5, 0.6) is 5.75 Å². The Kier molecular flexibility index (Phi) is 1.97. The topological polar surface area (TPSA) is 9.23 Å². The highest BCUT2D eigenvalue weighted by atomic mass is 31.0. The highest BCUT2D eigenvalue weighted by Gasteiger charge is 1.97. The van der Waals surface area contributed by atoms with E-state index in [-0.39, 0.29) is 0 Å². The second-order valence-electron chi connectivity index (χ2n) is 2.57. The van der Waals surface area contributed by atoms with Crippen molar-refractivity contribution in [2.24, 2.45) is 0 Å². The van der Waals surface area contributed by atoms with Gasteiger partial charge in [0.05, 0.1) is 0 Å². The van der Waals surface area contributed by atoms with Crippen LogP contribution < -0.4 is 4.52 Å². The van der Waals surface area contributed by atoms with E-state index >= 15 is 0 Å². The normalized spacial score (nSPS) is 10.1. The largest absolute Gasteiger partial charge is 0.457 e. The van der Waals surface area contributed by atoms with Gasteiger partial charge < -0.3 is 4.52 Å². The maximum Gasteiger partial charge on any atom is 0.232 e.